The Morgan fingerprint density at radius 3 is 1.13 bits per heavy atom. The highest BCUT2D eigenvalue weighted by molar-refractivity contribution is 6.08. The zero-order valence-corrected chi connectivity index (χ0v) is 25.6. The van der Waals surface area contributed by atoms with Gasteiger partial charge in [-0.2, -0.15) is 0 Å². The van der Waals surface area contributed by atoms with E-state index >= 15 is 0 Å². The zero-order chi connectivity index (χ0) is 30.7. The summed E-state index contributed by atoms with van der Waals surface area (Å²) in [4.78, 5) is 4.88. The van der Waals surface area contributed by atoms with Crippen LogP contribution in [-0.4, -0.2) is 0 Å². The lowest BCUT2D eigenvalue weighted by molar-refractivity contribution is 0.920. The topological polar surface area (TPSA) is 6.48 Å². The number of nitrogens with zero attached hydrogens (tertiary/aromatic N) is 2. The van der Waals surface area contributed by atoms with Crippen molar-refractivity contribution in [1.82, 2.24) is 0 Å². The van der Waals surface area contributed by atoms with Crippen LogP contribution < -0.4 is 20.2 Å². The minimum absolute atomic E-state index is 0.261. The molecule has 1 aliphatic rings. The molecule has 1 atom stereocenters. The van der Waals surface area contributed by atoms with E-state index in [1.807, 2.05) is 0 Å². The Kier molecular flexibility index (Phi) is 7.38. The molecule has 0 fully saturated rings. The van der Waals surface area contributed by atoms with Crippen molar-refractivity contribution in [2.45, 2.75) is 12.3 Å². The third-order valence-electron chi connectivity index (χ3n) is 8.91. The van der Waals surface area contributed by atoms with E-state index in [4.69, 9.17) is 0 Å². The first-order valence-electron chi connectivity index (χ1n) is 16.0. The van der Waals surface area contributed by atoms with Crippen molar-refractivity contribution in [3.63, 3.8) is 0 Å². The van der Waals surface area contributed by atoms with Crippen LogP contribution in [0.4, 0.5) is 34.1 Å². The summed E-state index contributed by atoms with van der Waals surface area (Å²) in [6, 6.07) is 62.9. The summed E-state index contributed by atoms with van der Waals surface area (Å²) in [5.74, 6) is 0.261. The van der Waals surface area contributed by atoms with Gasteiger partial charge in [-0.25, -0.2) is 0 Å². The molecule has 8 rings (SSSR count). The summed E-state index contributed by atoms with van der Waals surface area (Å²) in [6.07, 6.45) is 5.92. The first-order chi connectivity index (χ1) is 22.9. The molecule has 2 nitrogen and oxygen atoms in total. The zero-order valence-electron chi connectivity index (χ0n) is 25.6. The van der Waals surface area contributed by atoms with Gasteiger partial charge in [0.05, 0.1) is 11.4 Å². The van der Waals surface area contributed by atoms with Crippen LogP contribution in [0.2, 0.25) is 0 Å². The third kappa shape index (κ3) is 5.04. The Balaban J connectivity index is 1.53. The van der Waals surface area contributed by atoms with Gasteiger partial charge in [-0.15, -0.1) is 0 Å². The van der Waals surface area contributed by atoms with Crippen molar-refractivity contribution in [1.29, 1.82) is 0 Å². The molecule has 2 heteroatoms. The second-order valence-electron chi connectivity index (χ2n) is 11.7. The predicted octanol–water partition coefficient (Wildman–Crippen LogP) is 10.5. The molecule has 0 spiro atoms. The highest BCUT2D eigenvalue weighted by atomic mass is 15.2. The van der Waals surface area contributed by atoms with Crippen molar-refractivity contribution in [2.24, 2.45) is 0 Å². The molecule has 0 saturated heterocycles. The molecule has 7 aromatic rings. The van der Waals surface area contributed by atoms with Crippen LogP contribution in [0.1, 0.15) is 17.9 Å². The average Bonchev–Trinajstić information content (AvgIpc) is 3.14. The standard InChI is InChI=1S/C44H34N2/c1-6-18-33(19-7-1)34-30-31-41-42(32-34)44(46(37-24-12-4-13-25-37)38-26-14-5-15-27-38)40-29-17-16-28-39(40)43(41)45(35-20-8-2-9-21-35)36-22-10-3-11-23-36/h1-29,31-32,34H,30H2. The SMILES string of the molecule is C1=c2c(N(c3ccccc3)c3ccccc3)c3ccccc3c(N(c3ccccc3)c3ccccc3)c2=CC(c2ccccc2)C1. The van der Waals surface area contributed by atoms with Crippen molar-refractivity contribution < 1.29 is 0 Å². The van der Waals surface area contributed by atoms with E-state index in [1.165, 1.54) is 38.1 Å². The van der Waals surface area contributed by atoms with Crippen LogP contribution in [0.25, 0.3) is 22.9 Å². The van der Waals surface area contributed by atoms with Gasteiger partial charge in [0.25, 0.3) is 0 Å². The molecule has 7 aromatic carbocycles. The van der Waals surface area contributed by atoms with Crippen LogP contribution in [0.5, 0.6) is 0 Å². The van der Waals surface area contributed by atoms with Gasteiger partial charge in [-0.3, -0.25) is 0 Å². The second-order valence-corrected chi connectivity index (χ2v) is 11.7. The largest absolute Gasteiger partial charge is 0.309 e. The third-order valence-corrected chi connectivity index (χ3v) is 8.91. The van der Waals surface area contributed by atoms with E-state index in [9.17, 15) is 0 Å². The summed E-state index contributed by atoms with van der Waals surface area (Å²) in [5, 5.41) is 4.92. The maximum atomic E-state index is 2.52. The average molecular weight is 591 g/mol. The number of rotatable bonds is 7. The fraction of sp³-hybridized carbons (Fsp3) is 0.0455. The molecule has 0 heterocycles. The lowest BCUT2D eigenvalue weighted by atomic mass is 9.87. The Morgan fingerprint density at radius 2 is 0.717 bits per heavy atom. The highest BCUT2D eigenvalue weighted by Crippen LogP contribution is 2.42. The molecule has 0 amide bonds. The number of hydrogen-bond donors (Lipinski definition) is 0. The summed E-state index contributed by atoms with van der Waals surface area (Å²) in [7, 11) is 0. The van der Waals surface area contributed by atoms with Crippen LogP contribution in [0.15, 0.2) is 176 Å². The van der Waals surface area contributed by atoms with Gasteiger partial charge in [0.2, 0.25) is 0 Å². The van der Waals surface area contributed by atoms with Crippen molar-refractivity contribution in [2.75, 3.05) is 9.80 Å². The number of hydrogen-bond acceptors (Lipinski definition) is 2. The molecule has 0 radical (unpaired) electrons. The van der Waals surface area contributed by atoms with Gasteiger partial charge < -0.3 is 9.80 Å². The maximum absolute atomic E-state index is 2.52. The van der Waals surface area contributed by atoms with E-state index < -0.39 is 0 Å². The van der Waals surface area contributed by atoms with Crippen molar-refractivity contribution in [3.8, 4) is 0 Å². The Morgan fingerprint density at radius 1 is 0.370 bits per heavy atom. The summed E-state index contributed by atoms with van der Waals surface area (Å²) < 4.78 is 0. The predicted molar refractivity (Wildman–Crippen MR) is 195 cm³/mol. The molecule has 1 unspecified atom stereocenters. The quantitative estimate of drug-likeness (QED) is 0.170. The lowest BCUT2D eigenvalue weighted by Crippen LogP contribution is -2.37. The number of benzene rings is 7. The Hall–Kier alpha value is -5.86. The molecule has 0 aromatic heterocycles. The van der Waals surface area contributed by atoms with Gasteiger partial charge in [0, 0.05) is 49.9 Å². The fourth-order valence-electron chi connectivity index (χ4n) is 6.87. The second kappa shape index (κ2) is 12.3. The van der Waals surface area contributed by atoms with Crippen LogP contribution in [0, 0.1) is 0 Å². The highest BCUT2D eigenvalue weighted by Gasteiger charge is 2.26. The molecule has 0 N–H and O–H groups in total. The molecule has 220 valence electrons. The number of para-hydroxylation sites is 4. The van der Waals surface area contributed by atoms with Crippen molar-refractivity contribution >= 4 is 57.0 Å². The van der Waals surface area contributed by atoms with E-state index in [2.05, 4.69) is 198 Å². The monoisotopic (exact) mass is 590 g/mol. The molecular formula is C44H34N2. The normalized spacial score (nSPS) is 13.7. The van der Waals surface area contributed by atoms with E-state index in [1.54, 1.807) is 0 Å². The van der Waals surface area contributed by atoms with E-state index in [0.29, 0.717) is 0 Å². The molecule has 0 bridgehead atoms. The van der Waals surface area contributed by atoms with Gasteiger partial charge in [-0.1, -0.05) is 140 Å². The molecule has 0 aliphatic heterocycles. The van der Waals surface area contributed by atoms with Gasteiger partial charge in [0.1, 0.15) is 0 Å². The molecular weight excluding hydrogens is 556 g/mol. The summed E-state index contributed by atoms with van der Waals surface area (Å²) in [5.41, 5.74) is 8.27. The minimum Gasteiger partial charge on any atom is -0.309 e. The maximum Gasteiger partial charge on any atom is 0.0616 e. The molecule has 0 saturated carbocycles. The van der Waals surface area contributed by atoms with Crippen LogP contribution in [-0.2, 0) is 0 Å². The summed E-state index contributed by atoms with van der Waals surface area (Å²) >= 11 is 0. The van der Waals surface area contributed by atoms with Gasteiger partial charge in [-0.05, 0) is 60.5 Å². The minimum atomic E-state index is 0.261. The van der Waals surface area contributed by atoms with Gasteiger partial charge >= 0.3 is 0 Å². The molecule has 1 aliphatic carbocycles. The van der Waals surface area contributed by atoms with Crippen molar-refractivity contribution in [3.05, 3.63) is 192 Å². The number of anilines is 6. The number of fused-ring (bicyclic) bond motifs is 2. The first-order valence-corrected chi connectivity index (χ1v) is 16.0. The summed E-state index contributed by atoms with van der Waals surface area (Å²) in [6.45, 7) is 0. The Bertz CT molecular complexity index is 2130. The Labute approximate surface area is 270 Å². The first kappa shape index (κ1) is 27.7. The van der Waals surface area contributed by atoms with E-state index in [0.717, 1.165) is 29.2 Å². The van der Waals surface area contributed by atoms with E-state index in [-0.39, 0.29) is 5.92 Å². The smallest absolute Gasteiger partial charge is 0.0616 e. The van der Waals surface area contributed by atoms with Crippen LogP contribution >= 0.6 is 0 Å². The van der Waals surface area contributed by atoms with Crippen LogP contribution in [0.3, 0.4) is 0 Å². The fourth-order valence-corrected chi connectivity index (χ4v) is 6.87. The van der Waals surface area contributed by atoms with Gasteiger partial charge in [0.15, 0.2) is 0 Å². The lowest BCUT2D eigenvalue weighted by Gasteiger charge is -2.33. The molecule has 46 heavy (non-hydrogen) atoms.